The van der Waals surface area contributed by atoms with Crippen LogP contribution in [0.4, 0.5) is 0 Å². The first-order valence-corrected chi connectivity index (χ1v) is 9.07. The van der Waals surface area contributed by atoms with Gasteiger partial charge in [-0.1, -0.05) is 18.1 Å². The summed E-state index contributed by atoms with van der Waals surface area (Å²) in [6.07, 6.45) is 0.793. The molecule has 2 aromatic rings. The van der Waals surface area contributed by atoms with Gasteiger partial charge in [-0.2, -0.15) is 4.98 Å². The van der Waals surface area contributed by atoms with Crippen LogP contribution in [0.3, 0.4) is 0 Å². The quantitative estimate of drug-likeness (QED) is 0.838. The van der Waals surface area contributed by atoms with E-state index in [1.165, 1.54) is 4.88 Å². The molecular formula is C16H24N4O2S. The van der Waals surface area contributed by atoms with Gasteiger partial charge >= 0.3 is 0 Å². The van der Waals surface area contributed by atoms with E-state index in [-0.39, 0.29) is 6.04 Å². The fraction of sp³-hybridized carbons (Fsp3) is 0.625. The molecule has 0 bridgehead atoms. The number of hydrogen-bond acceptors (Lipinski definition) is 7. The van der Waals surface area contributed by atoms with E-state index >= 15 is 0 Å². The average molecular weight is 336 g/mol. The predicted octanol–water partition coefficient (Wildman–Crippen LogP) is 2.42. The molecule has 23 heavy (non-hydrogen) atoms. The molecule has 1 N–H and O–H groups in total. The van der Waals surface area contributed by atoms with Crippen LogP contribution < -0.4 is 5.32 Å². The van der Waals surface area contributed by atoms with Gasteiger partial charge in [0, 0.05) is 30.9 Å². The van der Waals surface area contributed by atoms with Crippen LogP contribution in [0.2, 0.25) is 0 Å². The molecule has 2 aromatic heterocycles. The van der Waals surface area contributed by atoms with Crippen molar-refractivity contribution in [2.24, 2.45) is 0 Å². The smallest absolute Gasteiger partial charge is 0.243 e. The molecule has 0 amide bonds. The van der Waals surface area contributed by atoms with Crippen LogP contribution in [0.1, 0.15) is 42.5 Å². The third-order valence-corrected chi connectivity index (χ3v) is 5.12. The summed E-state index contributed by atoms with van der Waals surface area (Å²) in [5.74, 6) is 1.42. The lowest BCUT2D eigenvalue weighted by molar-refractivity contribution is 0.0162. The molecule has 0 saturated carbocycles. The van der Waals surface area contributed by atoms with Crippen LogP contribution in [0.25, 0.3) is 0 Å². The van der Waals surface area contributed by atoms with Gasteiger partial charge in [0.25, 0.3) is 0 Å². The first-order chi connectivity index (χ1) is 11.3. The molecule has 0 spiro atoms. The second-order valence-corrected chi connectivity index (χ2v) is 6.69. The number of thiophene rings is 1. The molecule has 3 heterocycles. The highest BCUT2D eigenvalue weighted by molar-refractivity contribution is 7.10. The van der Waals surface area contributed by atoms with Crippen molar-refractivity contribution in [1.29, 1.82) is 0 Å². The second kappa shape index (κ2) is 8.01. The number of hydrogen-bond donors (Lipinski definition) is 1. The number of nitrogens with one attached hydrogen (secondary N) is 1. The van der Waals surface area contributed by atoms with Crippen LogP contribution in [0.15, 0.2) is 22.0 Å². The van der Waals surface area contributed by atoms with E-state index in [0.29, 0.717) is 11.9 Å². The van der Waals surface area contributed by atoms with Crippen LogP contribution in [0.5, 0.6) is 0 Å². The number of nitrogens with zero attached hydrogens (tertiary/aromatic N) is 3. The minimum atomic E-state index is 0.0475. The van der Waals surface area contributed by atoms with Crippen LogP contribution in [0, 0.1) is 0 Å². The molecule has 0 unspecified atom stereocenters. The Balaban J connectivity index is 1.63. The van der Waals surface area contributed by atoms with E-state index < -0.39 is 0 Å². The minimum absolute atomic E-state index is 0.0475. The maximum absolute atomic E-state index is 5.49. The van der Waals surface area contributed by atoms with Gasteiger partial charge in [0.2, 0.25) is 5.89 Å². The van der Waals surface area contributed by atoms with Crippen molar-refractivity contribution in [3.05, 3.63) is 34.1 Å². The molecule has 1 saturated heterocycles. The zero-order valence-corrected chi connectivity index (χ0v) is 14.5. The Hall–Kier alpha value is -1.28. The van der Waals surface area contributed by atoms with Gasteiger partial charge < -0.3 is 14.6 Å². The minimum Gasteiger partial charge on any atom is -0.379 e. The van der Waals surface area contributed by atoms with Crippen LogP contribution >= 0.6 is 11.3 Å². The Bertz CT molecular complexity index is 581. The van der Waals surface area contributed by atoms with Gasteiger partial charge in [-0.15, -0.1) is 11.3 Å². The maximum Gasteiger partial charge on any atom is 0.243 e. The Labute approximate surface area is 140 Å². The lowest BCUT2D eigenvalue weighted by atomic mass is 10.1. The summed E-state index contributed by atoms with van der Waals surface area (Å²) in [4.78, 5) is 8.28. The van der Waals surface area contributed by atoms with Gasteiger partial charge in [0.1, 0.15) is 0 Å². The molecule has 1 fully saturated rings. The third-order valence-electron chi connectivity index (χ3n) is 4.15. The first-order valence-electron chi connectivity index (χ1n) is 8.19. The van der Waals surface area contributed by atoms with E-state index in [1.54, 1.807) is 11.3 Å². The molecule has 3 rings (SSSR count). The Morgan fingerprint density at radius 2 is 2.22 bits per heavy atom. The zero-order chi connectivity index (χ0) is 16.1. The van der Waals surface area contributed by atoms with Gasteiger partial charge in [-0.25, -0.2) is 0 Å². The number of aryl methyl sites for hydroxylation is 1. The fourth-order valence-corrected chi connectivity index (χ4v) is 3.60. The van der Waals surface area contributed by atoms with Crippen molar-refractivity contribution in [2.45, 2.75) is 32.4 Å². The Morgan fingerprint density at radius 3 is 2.87 bits per heavy atom. The summed E-state index contributed by atoms with van der Waals surface area (Å²) in [6.45, 7) is 8.50. The van der Waals surface area contributed by atoms with Gasteiger partial charge in [0.15, 0.2) is 5.82 Å². The number of rotatable bonds is 7. The monoisotopic (exact) mass is 336 g/mol. The van der Waals surface area contributed by atoms with Crippen molar-refractivity contribution in [1.82, 2.24) is 20.4 Å². The summed E-state index contributed by atoms with van der Waals surface area (Å²) in [5, 5.41) is 9.66. The lowest BCUT2D eigenvalue weighted by Gasteiger charge is -2.34. The van der Waals surface area contributed by atoms with Crippen molar-refractivity contribution in [3.8, 4) is 0 Å². The molecular weight excluding hydrogens is 312 g/mol. The summed E-state index contributed by atoms with van der Waals surface area (Å²) in [5.41, 5.74) is 0. The fourth-order valence-electron chi connectivity index (χ4n) is 2.74. The van der Waals surface area contributed by atoms with E-state index in [4.69, 9.17) is 9.26 Å². The van der Waals surface area contributed by atoms with Crippen molar-refractivity contribution >= 4 is 11.3 Å². The highest BCUT2D eigenvalue weighted by Crippen LogP contribution is 2.26. The van der Waals surface area contributed by atoms with E-state index in [2.05, 4.69) is 44.8 Å². The maximum atomic E-state index is 5.49. The molecule has 0 aromatic carbocycles. The molecule has 7 heteroatoms. The van der Waals surface area contributed by atoms with Crippen LogP contribution in [-0.2, 0) is 11.2 Å². The van der Waals surface area contributed by atoms with Crippen molar-refractivity contribution < 1.29 is 9.26 Å². The summed E-state index contributed by atoms with van der Waals surface area (Å²) < 4.78 is 10.8. The molecule has 6 nitrogen and oxygen atoms in total. The summed E-state index contributed by atoms with van der Waals surface area (Å²) in [6, 6.07) is 4.72. The van der Waals surface area contributed by atoms with Gasteiger partial charge in [-0.3, -0.25) is 4.90 Å². The molecule has 1 aliphatic rings. The lowest BCUT2D eigenvalue weighted by Crippen LogP contribution is -2.42. The standard InChI is InChI=1S/C16H24N4O2S/c1-3-15-18-16(22-19-15)12(2)17-11-13(14-5-4-10-23-14)20-6-8-21-9-7-20/h4-5,10,12-13,17H,3,6-9,11H2,1-2H3/t12-,13-/m1/s1. The zero-order valence-electron chi connectivity index (χ0n) is 13.7. The SMILES string of the molecule is CCc1noc([C@@H](C)NC[C@H](c2cccs2)N2CCOCC2)n1. The van der Waals surface area contributed by atoms with Gasteiger partial charge in [-0.05, 0) is 18.4 Å². The topological polar surface area (TPSA) is 63.4 Å². The Kier molecular flexibility index (Phi) is 5.77. The van der Waals surface area contributed by atoms with E-state index in [1.807, 2.05) is 6.92 Å². The molecule has 0 aliphatic carbocycles. The number of aromatic nitrogens is 2. The summed E-state index contributed by atoms with van der Waals surface area (Å²) in [7, 11) is 0. The van der Waals surface area contributed by atoms with E-state index in [9.17, 15) is 0 Å². The number of morpholine rings is 1. The highest BCUT2D eigenvalue weighted by Gasteiger charge is 2.24. The largest absolute Gasteiger partial charge is 0.379 e. The van der Waals surface area contributed by atoms with Crippen molar-refractivity contribution in [2.75, 3.05) is 32.8 Å². The van der Waals surface area contributed by atoms with Crippen molar-refractivity contribution in [3.63, 3.8) is 0 Å². The average Bonchev–Trinajstić information content (AvgIpc) is 3.27. The summed E-state index contributed by atoms with van der Waals surface area (Å²) >= 11 is 1.81. The number of ether oxygens (including phenoxy) is 1. The molecule has 126 valence electrons. The first kappa shape index (κ1) is 16.6. The van der Waals surface area contributed by atoms with Crippen LogP contribution in [-0.4, -0.2) is 47.9 Å². The van der Waals surface area contributed by atoms with Gasteiger partial charge in [0.05, 0.1) is 25.3 Å². The molecule has 1 aliphatic heterocycles. The highest BCUT2D eigenvalue weighted by atomic mass is 32.1. The third kappa shape index (κ3) is 4.17. The predicted molar refractivity (Wildman–Crippen MR) is 89.5 cm³/mol. The molecule has 2 atom stereocenters. The Morgan fingerprint density at radius 1 is 1.39 bits per heavy atom. The normalized spacial score (nSPS) is 18.9. The second-order valence-electron chi connectivity index (χ2n) is 5.71. The van der Waals surface area contributed by atoms with E-state index in [0.717, 1.165) is 45.1 Å². The molecule has 0 radical (unpaired) electrons.